The van der Waals surface area contributed by atoms with Crippen LogP contribution < -0.4 is 10.6 Å². The van der Waals surface area contributed by atoms with Crippen molar-refractivity contribution < 1.29 is 14.7 Å². The van der Waals surface area contributed by atoms with Gasteiger partial charge in [-0.25, -0.2) is 4.79 Å². The fourth-order valence-electron chi connectivity index (χ4n) is 1.63. The van der Waals surface area contributed by atoms with Gasteiger partial charge in [-0.1, -0.05) is 0 Å². The van der Waals surface area contributed by atoms with Gasteiger partial charge in [-0.05, 0) is 0 Å². The molecule has 94 valence electrons. The van der Waals surface area contributed by atoms with E-state index in [4.69, 9.17) is 11.5 Å². The van der Waals surface area contributed by atoms with Crippen LogP contribution >= 0.6 is 0 Å². The second kappa shape index (κ2) is 6.89. The van der Waals surface area contributed by atoms with Crippen molar-refractivity contribution >= 4 is 11.9 Å². The third-order valence-corrected chi connectivity index (χ3v) is 2.53. The number of nitrogens with one attached hydrogen (secondary N) is 2. The molecule has 1 fully saturated rings. The minimum absolute atomic E-state index is 0.00261. The van der Waals surface area contributed by atoms with Crippen molar-refractivity contribution in [3.63, 3.8) is 0 Å². The normalized spacial score (nSPS) is 18.1. The van der Waals surface area contributed by atoms with Crippen LogP contribution in [0.3, 0.4) is 0 Å². The lowest BCUT2D eigenvalue weighted by atomic mass is 10.2. The Labute approximate surface area is 100 Å². The highest BCUT2D eigenvalue weighted by Gasteiger charge is 2.20. The molecule has 0 bridgehead atoms. The summed E-state index contributed by atoms with van der Waals surface area (Å²) in [6.45, 7) is 3.50. The number of carbonyl (C=O) groups is 2. The highest BCUT2D eigenvalue weighted by Crippen LogP contribution is 1.94. The molecule has 1 amide bonds. The molecule has 1 aliphatic heterocycles. The number of hydrogen-bond donors (Lipinski definition) is 3. The van der Waals surface area contributed by atoms with Gasteiger partial charge >= 0.3 is 5.97 Å². The van der Waals surface area contributed by atoms with Crippen LogP contribution in [0.1, 0.15) is 6.42 Å². The number of nitrogens with zero attached hydrogens (tertiary/aromatic N) is 1. The van der Waals surface area contributed by atoms with E-state index in [1.54, 1.807) is 0 Å². The first-order valence-electron chi connectivity index (χ1n) is 5.52. The number of carbonyl (C=O) groups excluding carboxylic acids is 1. The molecule has 1 heterocycles. The molecule has 6 nitrogen and oxygen atoms in total. The zero-order chi connectivity index (χ0) is 12.7. The van der Waals surface area contributed by atoms with Crippen LogP contribution in [0.2, 0.25) is 0 Å². The van der Waals surface area contributed by atoms with E-state index < -0.39 is 12.0 Å². The minimum Gasteiger partial charge on any atom is -0.480 e. The molecule has 1 unspecified atom stereocenters. The van der Waals surface area contributed by atoms with Crippen LogP contribution in [0.4, 0.5) is 0 Å². The average molecular weight is 239 g/mol. The molecule has 0 saturated carbocycles. The van der Waals surface area contributed by atoms with Crippen LogP contribution in [-0.4, -0.2) is 60.6 Å². The summed E-state index contributed by atoms with van der Waals surface area (Å²) < 4.78 is 0. The lowest BCUT2D eigenvalue weighted by molar-refractivity contribution is -0.141. The molecular formula is C11H17N3O3. The molecule has 3 N–H and O–H groups in total. The molecule has 1 aliphatic rings. The lowest BCUT2D eigenvalue weighted by Crippen LogP contribution is -2.50. The van der Waals surface area contributed by atoms with Gasteiger partial charge in [0.1, 0.15) is 6.04 Å². The zero-order valence-corrected chi connectivity index (χ0v) is 9.61. The first-order chi connectivity index (χ1) is 8.13. The summed E-state index contributed by atoms with van der Waals surface area (Å²) in [5.41, 5.74) is 0. The monoisotopic (exact) mass is 239 g/mol. The maximum atomic E-state index is 11.6. The molecular weight excluding hydrogens is 222 g/mol. The van der Waals surface area contributed by atoms with Gasteiger partial charge in [0, 0.05) is 32.6 Å². The standard InChI is InChI=1S/C11H17N3O3/c1-2-3-9(11(16)17)13-10(15)8-14-6-4-12-5-7-14/h1,9,12H,3-8H2,(H,13,15)(H,16,17). The maximum absolute atomic E-state index is 11.6. The largest absolute Gasteiger partial charge is 0.480 e. The van der Waals surface area contributed by atoms with Crippen LogP contribution in [0.5, 0.6) is 0 Å². The Balaban J connectivity index is 2.36. The highest BCUT2D eigenvalue weighted by atomic mass is 16.4. The SMILES string of the molecule is C#CCC(NC(=O)CN1CCNCC1)C(=O)O. The summed E-state index contributed by atoms with van der Waals surface area (Å²) in [7, 11) is 0. The summed E-state index contributed by atoms with van der Waals surface area (Å²) in [5, 5.41) is 14.4. The fourth-order valence-corrected chi connectivity index (χ4v) is 1.63. The second-order valence-corrected chi connectivity index (χ2v) is 3.89. The van der Waals surface area contributed by atoms with Gasteiger partial charge < -0.3 is 15.7 Å². The van der Waals surface area contributed by atoms with E-state index in [0.29, 0.717) is 0 Å². The van der Waals surface area contributed by atoms with Crippen molar-refractivity contribution in [1.29, 1.82) is 0 Å². The van der Waals surface area contributed by atoms with E-state index in [1.165, 1.54) is 0 Å². The summed E-state index contributed by atoms with van der Waals surface area (Å²) in [5.74, 6) is 0.842. The number of carboxylic acid groups (broad SMARTS) is 1. The number of terminal acetylenes is 1. The maximum Gasteiger partial charge on any atom is 0.327 e. The number of piperazine rings is 1. The quantitative estimate of drug-likeness (QED) is 0.508. The Bertz CT molecular complexity index is 318. The molecule has 0 spiro atoms. The van der Waals surface area contributed by atoms with E-state index in [9.17, 15) is 9.59 Å². The third kappa shape index (κ3) is 4.85. The van der Waals surface area contributed by atoms with Crippen molar-refractivity contribution in [2.45, 2.75) is 12.5 Å². The van der Waals surface area contributed by atoms with Crippen LogP contribution in [0, 0.1) is 12.3 Å². The number of carboxylic acids is 1. The van der Waals surface area contributed by atoms with E-state index >= 15 is 0 Å². The van der Waals surface area contributed by atoms with Crippen molar-refractivity contribution in [3.05, 3.63) is 0 Å². The van der Waals surface area contributed by atoms with Crippen molar-refractivity contribution in [1.82, 2.24) is 15.5 Å². The molecule has 0 radical (unpaired) electrons. The van der Waals surface area contributed by atoms with Crippen molar-refractivity contribution in [2.75, 3.05) is 32.7 Å². The highest BCUT2D eigenvalue weighted by molar-refractivity contribution is 5.84. The topological polar surface area (TPSA) is 81.7 Å². The Morgan fingerprint density at radius 3 is 2.65 bits per heavy atom. The van der Waals surface area contributed by atoms with Gasteiger partial charge in [0.05, 0.1) is 6.54 Å². The van der Waals surface area contributed by atoms with Gasteiger partial charge in [-0.15, -0.1) is 12.3 Å². The molecule has 1 rings (SSSR count). The minimum atomic E-state index is -1.10. The van der Waals surface area contributed by atoms with Crippen LogP contribution in [0.15, 0.2) is 0 Å². The Morgan fingerprint density at radius 2 is 2.12 bits per heavy atom. The van der Waals surface area contributed by atoms with Crippen LogP contribution in [0.25, 0.3) is 0 Å². The smallest absolute Gasteiger partial charge is 0.327 e. The molecule has 0 aromatic heterocycles. The number of rotatable bonds is 5. The summed E-state index contributed by atoms with van der Waals surface area (Å²) in [6.07, 6.45) is 5.05. The number of aliphatic carboxylic acids is 1. The van der Waals surface area contributed by atoms with Gasteiger partial charge in [-0.2, -0.15) is 0 Å². The molecule has 0 aliphatic carbocycles. The molecule has 1 atom stereocenters. The molecule has 1 saturated heterocycles. The van der Waals surface area contributed by atoms with E-state index in [0.717, 1.165) is 26.2 Å². The predicted octanol–water partition coefficient (Wildman–Crippen LogP) is -1.52. The molecule has 17 heavy (non-hydrogen) atoms. The van der Waals surface area contributed by atoms with Gasteiger partial charge in [0.2, 0.25) is 5.91 Å². The summed E-state index contributed by atoms with van der Waals surface area (Å²) in [6, 6.07) is -0.990. The molecule has 6 heteroatoms. The first kappa shape index (κ1) is 13.5. The number of amides is 1. The van der Waals surface area contributed by atoms with Gasteiger partial charge in [-0.3, -0.25) is 9.69 Å². The summed E-state index contributed by atoms with van der Waals surface area (Å²) >= 11 is 0. The van der Waals surface area contributed by atoms with Gasteiger partial charge in [0.15, 0.2) is 0 Å². The Kier molecular flexibility index (Phi) is 5.46. The van der Waals surface area contributed by atoms with Crippen LogP contribution in [-0.2, 0) is 9.59 Å². The zero-order valence-electron chi connectivity index (χ0n) is 9.61. The lowest BCUT2D eigenvalue weighted by Gasteiger charge is -2.26. The Morgan fingerprint density at radius 1 is 1.47 bits per heavy atom. The second-order valence-electron chi connectivity index (χ2n) is 3.89. The van der Waals surface area contributed by atoms with E-state index in [-0.39, 0.29) is 18.9 Å². The van der Waals surface area contributed by atoms with E-state index in [1.807, 2.05) is 4.90 Å². The van der Waals surface area contributed by atoms with Crippen molar-refractivity contribution in [3.8, 4) is 12.3 Å². The van der Waals surface area contributed by atoms with Gasteiger partial charge in [0.25, 0.3) is 0 Å². The molecule has 0 aromatic rings. The number of hydrogen-bond acceptors (Lipinski definition) is 4. The Hall–Kier alpha value is -1.58. The predicted molar refractivity (Wildman–Crippen MR) is 62.3 cm³/mol. The fraction of sp³-hybridized carbons (Fsp3) is 0.636. The van der Waals surface area contributed by atoms with E-state index in [2.05, 4.69) is 16.6 Å². The average Bonchev–Trinajstić information content (AvgIpc) is 2.29. The first-order valence-corrected chi connectivity index (χ1v) is 5.52. The molecule has 0 aromatic carbocycles. The third-order valence-electron chi connectivity index (χ3n) is 2.53. The summed E-state index contributed by atoms with van der Waals surface area (Å²) in [4.78, 5) is 24.4. The van der Waals surface area contributed by atoms with Crippen molar-refractivity contribution in [2.24, 2.45) is 0 Å².